The van der Waals surface area contributed by atoms with E-state index in [-0.39, 0.29) is 5.16 Å². The fraction of sp³-hybridized carbons (Fsp3) is 0.0833. The molecule has 0 unspecified atom stereocenters. The van der Waals surface area contributed by atoms with Crippen molar-refractivity contribution in [2.24, 2.45) is 0 Å². The van der Waals surface area contributed by atoms with Crippen molar-refractivity contribution in [3.05, 3.63) is 43.1 Å². The average Bonchev–Trinajstić information content (AvgIpc) is 2.85. The predicted molar refractivity (Wildman–Crippen MR) is 69.3 cm³/mol. The van der Waals surface area contributed by atoms with Crippen LogP contribution in [-0.2, 0) is 9.84 Å². The minimum atomic E-state index is -3.36. The summed E-state index contributed by atoms with van der Waals surface area (Å²) in [5.74, 6) is 0. The van der Waals surface area contributed by atoms with Gasteiger partial charge in [0.15, 0.2) is 0 Å². The molecule has 3 aromatic heterocycles. The molecule has 0 saturated heterocycles. The Morgan fingerprint density at radius 1 is 1.05 bits per heavy atom. The molecule has 0 amide bonds. The van der Waals surface area contributed by atoms with Gasteiger partial charge in [-0.15, -0.1) is 0 Å². The molecule has 3 aromatic rings. The fourth-order valence-electron chi connectivity index (χ4n) is 1.75. The maximum atomic E-state index is 11.3. The fourth-order valence-corrected chi connectivity index (χ4v) is 2.24. The van der Waals surface area contributed by atoms with E-state index in [9.17, 15) is 8.42 Å². The van der Waals surface area contributed by atoms with Crippen LogP contribution in [0.3, 0.4) is 0 Å². The zero-order chi connectivity index (χ0) is 13.5. The second kappa shape index (κ2) is 4.13. The van der Waals surface area contributed by atoms with E-state index in [4.69, 9.17) is 0 Å². The van der Waals surface area contributed by atoms with Crippen LogP contribution >= 0.6 is 0 Å². The van der Waals surface area contributed by atoms with Crippen molar-refractivity contribution in [3.63, 3.8) is 0 Å². The third-order valence-electron chi connectivity index (χ3n) is 2.68. The van der Waals surface area contributed by atoms with E-state index in [1.807, 2.05) is 28.9 Å². The minimum absolute atomic E-state index is 0.167. The summed E-state index contributed by atoms with van der Waals surface area (Å²) in [7, 11) is -3.36. The number of pyridine rings is 1. The SMILES string of the molecule is CS(=O)(=O)c1ncc(-c2ccc3nccn3c2)cn1. The van der Waals surface area contributed by atoms with Crippen LogP contribution in [0, 0.1) is 0 Å². The van der Waals surface area contributed by atoms with Crippen molar-refractivity contribution < 1.29 is 8.42 Å². The summed E-state index contributed by atoms with van der Waals surface area (Å²) in [4.78, 5) is 11.9. The van der Waals surface area contributed by atoms with Gasteiger partial charge in [-0.3, -0.25) is 0 Å². The molecule has 0 spiro atoms. The van der Waals surface area contributed by atoms with Crippen molar-refractivity contribution in [1.29, 1.82) is 0 Å². The summed E-state index contributed by atoms with van der Waals surface area (Å²) in [6.07, 6.45) is 9.52. The summed E-state index contributed by atoms with van der Waals surface area (Å²) in [6, 6.07) is 3.76. The van der Waals surface area contributed by atoms with Gasteiger partial charge < -0.3 is 4.40 Å². The molecule has 0 atom stereocenters. The highest BCUT2D eigenvalue weighted by Crippen LogP contribution is 2.18. The Balaban J connectivity index is 2.06. The largest absolute Gasteiger partial charge is 0.306 e. The number of hydrogen-bond acceptors (Lipinski definition) is 5. The Bertz CT molecular complexity index is 838. The number of hydrogen-bond donors (Lipinski definition) is 0. The van der Waals surface area contributed by atoms with E-state index in [1.165, 1.54) is 12.4 Å². The first-order valence-corrected chi connectivity index (χ1v) is 7.38. The standard InChI is InChI=1S/C12H10N4O2S/c1-19(17,18)12-14-6-10(7-15-12)9-2-3-11-13-4-5-16(11)8-9/h2-8H,1H3. The van der Waals surface area contributed by atoms with Gasteiger partial charge in [0.25, 0.3) is 0 Å². The summed E-state index contributed by atoms with van der Waals surface area (Å²) in [6.45, 7) is 0. The van der Waals surface area contributed by atoms with Crippen LogP contribution < -0.4 is 0 Å². The first-order chi connectivity index (χ1) is 9.04. The second-order valence-electron chi connectivity index (χ2n) is 4.14. The molecule has 0 bridgehead atoms. The van der Waals surface area contributed by atoms with E-state index >= 15 is 0 Å². The number of imidazole rings is 1. The molecule has 0 N–H and O–H groups in total. The molecule has 7 heteroatoms. The molecular weight excluding hydrogens is 264 g/mol. The van der Waals surface area contributed by atoms with Crippen LogP contribution in [0.25, 0.3) is 16.8 Å². The van der Waals surface area contributed by atoms with Gasteiger partial charge in [-0.05, 0) is 12.1 Å². The van der Waals surface area contributed by atoms with Gasteiger partial charge in [0.2, 0.25) is 15.0 Å². The third-order valence-corrected chi connectivity index (χ3v) is 3.56. The highest BCUT2D eigenvalue weighted by Gasteiger charge is 2.10. The van der Waals surface area contributed by atoms with E-state index in [2.05, 4.69) is 15.0 Å². The second-order valence-corrected chi connectivity index (χ2v) is 6.05. The van der Waals surface area contributed by atoms with Crippen LogP contribution in [0.5, 0.6) is 0 Å². The molecule has 3 rings (SSSR count). The number of rotatable bonds is 2. The summed E-state index contributed by atoms with van der Waals surface area (Å²) in [5, 5.41) is -0.167. The van der Waals surface area contributed by atoms with Gasteiger partial charge >= 0.3 is 0 Å². The summed E-state index contributed by atoms with van der Waals surface area (Å²) in [5.41, 5.74) is 2.49. The van der Waals surface area contributed by atoms with Crippen molar-refractivity contribution >= 4 is 15.5 Å². The topological polar surface area (TPSA) is 77.2 Å². The van der Waals surface area contributed by atoms with Crippen molar-refractivity contribution in [2.45, 2.75) is 5.16 Å². The predicted octanol–water partition coefficient (Wildman–Crippen LogP) is 1.19. The normalized spacial score (nSPS) is 11.8. The van der Waals surface area contributed by atoms with Crippen LogP contribution in [0.4, 0.5) is 0 Å². The lowest BCUT2D eigenvalue weighted by Gasteiger charge is -2.03. The maximum Gasteiger partial charge on any atom is 0.246 e. The molecule has 6 nitrogen and oxygen atoms in total. The van der Waals surface area contributed by atoms with Crippen molar-refractivity contribution in [2.75, 3.05) is 6.26 Å². The number of fused-ring (bicyclic) bond motifs is 1. The molecule has 0 aliphatic heterocycles. The molecule has 96 valence electrons. The Labute approximate surface area is 109 Å². The maximum absolute atomic E-state index is 11.3. The minimum Gasteiger partial charge on any atom is -0.306 e. The van der Waals surface area contributed by atoms with Crippen LogP contribution in [-0.4, -0.2) is 34.0 Å². The van der Waals surface area contributed by atoms with E-state index < -0.39 is 9.84 Å². The van der Waals surface area contributed by atoms with Gasteiger partial charge in [-0.25, -0.2) is 23.4 Å². The van der Waals surface area contributed by atoms with Crippen LogP contribution in [0.2, 0.25) is 0 Å². The third kappa shape index (κ3) is 2.19. The Hall–Kier alpha value is -2.28. The zero-order valence-electron chi connectivity index (χ0n) is 10.1. The molecule has 0 aromatic carbocycles. The molecular formula is C12H10N4O2S. The number of aromatic nitrogens is 4. The Kier molecular flexibility index (Phi) is 2.56. The van der Waals surface area contributed by atoms with Gasteiger partial charge in [-0.1, -0.05) is 0 Å². The number of nitrogens with zero attached hydrogens (tertiary/aromatic N) is 4. The average molecular weight is 274 g/mol. The van der Waals surface area contributed by atoms with E-state index in [0.29, 0.717) is 0 Å². The zero-order valence-corrected chi connectivity index (χ0v) is 10.9. The van der Waals surface area contributed by atoms with Gasteiger partial charge in [0, 0.05) is 48.4 Å². The molecule has 0 radical (unpaired) electrons. The molecule has 0 fully saturated rings. The van der Waals surface area contributed by atoms with Gasteiger partial charge in [0.1, 0.15) is 5.65 Å². The van der Waals surface area contributed by atoms with E-state index in [0.717, 1.165) is 23.0 Å². The smallest absolute Gasteiger partial charge is 0.246 e. The van der Waals surface area contributed by atoms with Crippen LogP contribution in [0.15, 0.2) is 48.3 Å². The molecule has 0 aliphatic carbocycles. The van der Waals surface area contributed by atoms with Crippen molar-refractivity contribution in [1.82, 2.24) is 19.4 Å². The summed E-state index contributed by atoms with van der Waals surface area (Å²) >= 11 is 0. The highest BCUT2D eigenvalue weighted by atomic mass is 32.2. The molecule has 3 heterocycles. The Morgan fingerprint density at radius 3 is 2.47 bits per heavy atom. The lowest BCUT2D eigenvalue weighted by Crippen LogP contribution is -2.03. The lowest BCUT2D eigenvalue weighted by molar-refractivity contribution is 0.593. The monoisotopic (exact) mass is 274 g/mol. The van der Waals surface area contributed by atoms with E-state index in [1.54, 1.807) is 6.20 Å². The van der Waals surface area contributed by atoms with Crippen molar-refractivity contribution in [3.8, 4) is 11.1 Å². The lowest BCUT2D eigenvalue weighted by atomic mass is 10.1. The first-order valence-electron chi connectivity index (χ1n) is 5.49. The van der Waals surface area contributed by atoms with Crippen LogP contribution in [0.1, 0.15) is 0 Å². The van der Waals surface area contributed by atoms with Gasteiger partial charge in [-0.2, -0.15) is 0 Å². The van der Waals surface area contributed by atoms with Gasteiger partial charge in [0.05, 0.1) is 0 Å². The molecule has 0 saturated carbocycles. The number of sulfone groups is 1. The molecule has 0 aliphatic rings. The quantitative estimate of drug-likeness (QED) is 0.656. The Morgan fingerprint density at radius 2 is 1.79 bits per heavy atom. The first kappa shape index (κ1) is 11.8. The summed E-state index contributed by atoms with van der Waals surface area (Å²) < 4.78 is 24.4. The highest BCUT2D eigenvalue weighted by molar-refractivity contribution is 7.90. The molecule has 19 heavy (non-hydrogen) atoms.